The molecule has 1 saturated heterocycles. The Morgan fingerprint density at radius 1 is 1.15 bits per heavy atom. The number of hydrogen-bond donors (Lipinski definition) is 1. The summed E-state index contributed by atoms with van der Waals surface area (Å²) >= 11 is 0. The number of anilines is 1. The van der Waals surface area contributed by atoms with E-state index < -0.39 is 0 Å². The molecule has 1 aliphatic rings. The summed E-state index contributed by atoms with van der Waals surface area (Å²) in [6.45, 7) is 5.78. The first-order valence-electron chi connectivity index (χ1n) is 8.98. The first-order chi connectivity index (χ1) is 12.7. The van der Waals surface area contributed by atoms with Crippen molar-refractivity contribution in [1.29, 1.82) is 0 Å². The van der Waals surface area contributed by atoms with E-state index in [1.54, 1.807) is 19.5 Å². The SMILES string of the molecule is COc1ccc(C)cc1CCNC(=O)N1CCN(c2ccncc2)CC1. The fourth-order valence-electron chi connectivity index (χ4n) is 3.24. The van der Waals surface area contributed by atoms with Gasteiger partial charge in [-0.3, -0.25) is 4.98 Å². The molecule has 0 bridgehead atoms. The van der Waals surface area contributed by atoms with Gasteiger partial charge in [-0.1, -0.05) is 17.7 Å². The van der Waals surface area contributed by atoms with E-state index in [-0.39, 0.29) is 6.03 Å². The van der Waals surface area contributed by atoms with Gasteiger partial charge in [0.1, 0.15) is 5.75 Å². The maximum absolute atomic E-state index is 12.4. The minimum absolute atomic E-state index is 0.00555. The van der Waals surface area contributed by atoms with Crippen molar-refractivity contribution >= 4 is 11.7 Å². The third-order valence-corrected chi connectivity index (χ3v) is 4.70. The average Bonchev–Trinajstić information content (AvgIpc) is 2.69. The van der Waals surface area contributed by atoms with Gasteiger partial charge < -0.3 is 19.9 Å². The monoisotopic (exact) mass is 354 g/mol. The van der Waals surface area contributed by atoms with Crippen molar-refractivity contribution in [3.8, 4) is 5.75 Å². The van der Waals surface area contributed by atoms with Crippen LogP contribution in [0.2, 0.25) is 0 Å². The van der Waals surface area contributed by atoms with Crippen LogP contribution in [-0.2, 0) is 6.42 Å². The Labute approximate surface area is 154 Å². The number of pyridine rings is 1. The predicted octanol–water partition coefficient (Wildman–Crippen LogP) is 2.47. The Morgan fingerprint density at radius 2 is 1.88 bits per heavy atom. The molecule has 1 aliphatic heterocycles. The number of ether oxygens (including phenoxy) is 1. The number of nitrogens with one attached hydrogen (secondary N) is 1. The summed E-state index contributed by atoms with van der Waals surface area (Å²) < 4.78 is 5.39. The Morgan fingerprint density at radius 3 is 2.58 bits per heavy atom. The van der Waals surface area contributed by atoms with Gasteiger partial charge in [0.05, 0.1) is 7.11 Å². The van der Waals surface area contributed by atoms with Crippen molar-refractivity contribution in [2.24, 2.45) is 0 Å². The number of piperazine rings is 1. The maximum atomic E-state index is 12.4. The molecule has 6 heteroatoms. The highest BCUT2D eigenvalue weighted by Gasteiger charge is 2.21. The molecule has 6 nitrogen and oxygen atoms in total. The van der Waals surface area contributed by atoms with Gasteiger partial charge in [-0.05, 0) is 37.1 Å². The molecule has 0 radical (unpaired) electrons. The van der Waals surface area contributed by atoms with Gasteiger partial charge in [-0.2, -0.15) is 0 Å². The van der Waals surface area contributed by atoms with Gasteiger partial charge in [-0.15, -0.1) is 0 Å². The van der Waals surface area contributed by atoms with E-state index in [4.69, 9.17) is 4.74 Å². The minimum Gasteiger partial charge on any atom is -0.496 e. The van der Waals surface area contributed by atoms with Crippen LogP contribution in [0.25, 0.3) is 0 Å². The molecule has 0 spiro atoms. The van der Waals surface area contributed by atoms with Crippen LogP contribution in [0.15, 0.2) is 42.7 Å². The number of carbonyl (C=O) groups excluding carboxylic acids is 1. The van der Waals surface area contributed by atoms with Gasteiger partial charge in [-0.25, -0.2) is 4.79 Å². The fourth-order valence-corrected chi connectivity index (χ4v) is 3.24. The zero-order valence-corrected chi connectivity index (χ0v) is 15.4. The Hall–Kier alpha value is -2.76. The number of urea groups is 1. The lowest BCUT2D eigenvalue weighted by atomic mass is 10.1. The van der Waals surface area contributed by atoms with Crippen LogP contribution in [0.3, 0.4) is 0 Å². The highest BCUT2D eigenvalue weighted by molar-refractivity contribution is 5.74. The number of carbonyl (C=O) groups is 1. The lowest BCUT2D eigenvalue weighted by Crippen LogP contribution is -2.52. The van der Waals surface area contributed by atoms with Crippen molar-refractivity contribution in [2.45, 2.75) is 13.3 Å². The fraction of sp³-hybridized carbons (Fsp3) is 0.400. The van der Waals surface area contributed by atoms with Crippen LogP contribution >= 0.6 is 0 Å². The van der Waals surface area contributed by atoms with E-state index in [1.165, 1.54) is 5.56 Å². The smallest absolute Gasteiger partial charge is 0.317 e. The molecule has 0 aliphatic carbocycles. The van der Waals surface area contributed by atoms with Crippen molar-refractivity contribution in [3.63, 3.8) is 0 Å². The highest BCUT2D eigenvalue weighted by atomic mass is 16.5. The lowest BCUT2D eigenvalue weighted by Gasteiger charge is -2.36. The average molecular weight is 354 g/mol. The second kappa shape index (κ2) is 8.56. The van der Waals surface area contributed by atoms with Gasteiger partial charge in [0.2, 0.25) is 0 Å². The van der Waals surface area contributed by atoms with Crippen LogP contribution in [0, 0.1) is 6.92 Å². The molecule has 2 aromatic rings. The number of benzene rings is 1. The molecule has 0 saturated carbocycles. The maximum Gasteiger partial charge on any atom is 0.317 e. The molecule has 138 valence electrons. The second-order valence-electron chi connectivity index (χ2n) is 6.48. The van der Waals surface area contributed by atoms with Gasteiger partial charge in [0.15, 0.2) is 0 Å². The third-order valence-electron chi connectivity index (χ3n) is 4.70. The largest absolute Gasteiger partial charge is 0.496 e. The zero-order chi connectivity index (χ0) is 18.4. The third kappa shape index (κ3) is 4.45. The number of methoxy groups -OCH3 is 1. The molecule has 0 atom stereocenters. The minimum atomic E-state index is 0.00555. The molecule has 2 heterocycles. The van der Waals surface area contributed by atoms with E-state index in [9.17, 15) is 4.79 Å². The van der Waals surface area contributed by atoms with Gasteiger partial charge in [0.25, 0.3) is 0 Å². The molecule has 1 aromatic heterocycles. The quantitative estimate of drug-likeness (QED) is 0.896. The van der Waals surface area contributed by atoms with Crippen molar-refractivity contribution in [2.75, 3.05) is 44.7 Å². The van der Waals surface area contributed by atoms with Crippen LogP contribution in [0.5, 0.6) is 5.75 Å². The van der Waals surface area contributed by atoms with E-state index in [1.807, 2.05) is 29.2 Å². The molecule has 3 rings (SSSR count). The Bertz CT molecular complexity index is 728. The predicted molar refractivity (Wildman–Crippen MR) is 103 cm³/mol. The zero-order valence-electron chi connectivity index (χ0n) is 15.4. The second-order valence-corrected chi connectivity index (χ2v) is 6.48. The summed E-state index contributed by atoms with van der Waals surface area (Å²) in [5, 5.41) is 3.03. The van der Waals surface area contributed by atoms with Crippen LogP contribution in [0.4, 0.5) is 10.5 Å². The first kappa shape index (κ1) is 18.0. The summed E-state index contributed by atoms with van der Waals surface area (Å²) in [7, 11) is 1.68. The lowest BCUT2D eigenvalue weighted by molar-refractivity contribution is 0.194. The summed E-state index contributed by atoms with van der Waals surface area (Å²) in [4.78, 5) is 20.6. The molecule has 1 N–H and O–H groups in total. The van der Waals surface area contributed by atoms with Crippen molar-refractivity contribution in [3.05, 3.63) is 53.9 Å². The number of aromatic nitrogens is 1. The number of hydrogen-bond acceptors (Lipinski definition) is 4. The van der Waals surface area contributed by atoms with E-state index >= 15 is 0 Å². The molecule has 2 amide bonds. The molecular formula is C20H26N4O2. The summed E-state index contributed by atoms with van der Waals surface area (Å²) in [5.74, 6) is 0.871. The van der Waals surface area contributed by atoms with Gasteiger partial charge >= 0.3 is 6.03 Å². The van der Waals surface area contributed by atoms with Crippen LogP contribution in [-0.4, -0.2) is 55.7 Å². The van der Waals surface area contributed by atoms with Crippen molar-refractivity contribution < 1.29 is 9.53 Å². The number of amides is 2. The number of rotatable bonds is 5. The van der Waals surface area contributed by atoms with E-state index in [0.717, 1.165) is 49.6 Å². The Balaban J connectivity index is 1.46. The molecule has 0 unspecified atom stereocenters. The number of aryl methyl sites for hydroxylation is 1. The van der Waals surface area contributed by atoms with Crippen LogP contribution < -0.4 is 15.0 Å². The normalized spacial score (nSPS) is 14.2. The highest BCUT2D eigenvalue weighted by Crippen LogP contribution is 2.20. The summed E-state index contributed by atoms with van der Waals surface area (Å²) in [6.07, 6.45) is 4.36. The summed E-state index contributed by atoms with van der Waals surface area (Å²) in [6, 6.07) is 10.1. The van der Waals surface area contributed by atoms with E-state index in [0.29, 0.717) is 6.54 Å². The first-order valence-corrected chi connectivity index (χ1v) is 8.98. The van der Waals surface area contributed by atoms with Crippen LogP contribution in [0.1, 0.15) is 11.1 Å². The van der Waals surface area contributed by atoms with Crippen molar-refractivity contribution in [1.82, 2.24) is 15.2 Å². The van der Waals surface area contributed by atoms with E-state index in [2.05, 4.69) is 28.2 Å². The number of nitrogens with zero attached hydrogens (tertiary/aromatic N) is 3. The van der Waals surface area contributed by atoms with Gasteiger partial charge in [0, 0.05) is 50.8 Å². The standard InChI is InChI=1S/C20H26N4O2/c1-16-3-4-19(26-2)17(15-16)5-10-22-20(25)24-13-11-23(12-14-24)18-6-8-21-9-7-18/h3-4,6-9,15H,5,10-14H2,1-2H3,(H,22,25). The molecular weight excluding hydrogens is 328 g/mol. The molecule has 1 aromatic carbocycles. The summed E-state index contributed by atoms with van der Waals surface area (Å²) in [5.41, 5.74) is 3.47. The molecule has 1 fully saturated rings. The molecule has 26 heavy (non-hydrogen) atoms. The topological polar surface area (TPSA) is 57.7 Å². The Kier molecular flexibility index (Phi) is 5.94.